The summed E-state index contributed by atoms with van der Waals surface area (Å²) >= 11 is 0. The zero-order valence-corrected chi connectivity index (χ0v) is 14.0. The first-order valence-corrected chi connectivity index (χ1v) is 8.89. The van der Waals surface area contributed by atoms with Crippen LogP contribution in [0.25, 0.3) is 0 Å². The van der Waals surface area contributed by atoms with E-state index in [0.717, 1.165) is 24.5 Å². The molecule has 1 aromatic carbocycles. The van der Waals surface area contributed by atoms with E-state index in [9.17, 15) is 5.11 Å². The number of methoxy groups -OCH3 is 1. The number of aliphatic hydroxyl groups is 1. The van der Waals surface area contributed by atoms with Crippen molar-refractivity contribution in [1.82, 2.24) is 0 Å². The number of benzene rings is 1. The van der Waals surface area contributed by atoms with Crippen LogP contribution in [0.1, 0.15) is 56.6 Å². The lowest BCUT2D eigenvalue weighted by atomic mass is 9.53. The molecule has 0 bridgehead atoms. The van der Waals surface area contributed by atoms with Gasteiger partial charge in [-0.15, -0.1) is 0 Å². The third-order valence-corrected chi connectivity index (χ3v) is 7.23. The summed E-state index contributed by atoms with van der Waals surface area (Å²) in [5.41, 5.74) is 3.22. The molecule has 6 atom stereocenters. The second kappa shape index (κ2) is 4.99. The summed E-state index contributed by atoms with van der Waals surface area (Å²) in [6.45, 7) is 4.78. The first-order valence-electron chi connectivity index (χ1n) is 8.89. The maximum Gasteiger partial charge on any atom is 0.119 e. The molecular formula is C20H28O2. The molecule has 2 heteroatoms. The van der Waals surface area contributed by atoms with Crippen molar-refractivity contribution in [2.24, 2.45) is 23.2 Å². The quantitative estimate of drug-likeness (QED) is 0.844. The van der Waals surface area contributed by atoms with Gasteiger partial charge in [0.15, 0.2) is 0 Å². The molecular weight excluding hydrogens is 272 g/mol. The van der Waals surface area contributed by atoms with E-state index >= 15 is 0 Å². The van der Waals surface area contributed by atoms with Crippen LogP contribution in [0, 0.1) is 23.2 Å². The summed E-state index contributed by atoms with van der Waals surface area (Å²) in [5.74, 6) is 3.83. The number of fused-ring (bicyclic) bond motifs is 5. The molecule has 2 saturated carbocycles. The van der Waals surface area contributed by atoms with Gasteiger partial charge >= 0.3 is 0 Å². The zero-order valence-electron chi connectivity index (χ0n) is 14.0. The van der Waals surface area contributed by atoms with Gasteiger partial charge < -0.3 is 9.84 Å². The number of hydrogen-bond acceptors (Lipinski definition) is 2. The van der Waals surface area contributed by atoms with E-state index < -0.39 is 0 Å². The van der Waals surface area contributed by atoms with Crippen LogP contribution in [0.4, 0.5) is 0 Å². The van der Waals surface area contributed by atoms with E-state index in [4.69, 9.17) is 4.74 Å². The molecule has 3 aliphatic rings. The highest BCUT2D eigenvalue weighted by Crippen LogP contribution is 2.62. The summed E-state index contributed by atoms with van der Waals surface area (Å²) in [6.07, 6.45) is 5.72. The standard InChI is InChI=1S/C20H28O2/c1-12-10-13-11-14(22-3)4-5-15(13)16-8-9-20(2)17(19(12)16)6-7-18(20)21/h4-5,11-12,16-19,21H,6-10H2,1-3H3/t12-,16-,17+,18+,19+,20+/m1/s1. The first-order chi connectivity index (χ1) is 10.5. The Morgan fingerprint density at radius 2 is 2.05 bits per heavy atom. The van der Waals surface area contributed by atoms with Gasteiger partial charge in [0.2, 0.25) is 0 Å². The minimum Gasteiger partial charge on any atom is -0.497 e. The summed E-state index contributed by atoms with van der Waals surface area (Å²) in [7, 11) is 1.75. The Balaban J connectivity index is 1.73. The molecule has 0 aromatic heterocycles. The maximum absolute atomic E-state index is 10.5. The highest BCUT2D eigenvalue weighted by atomic mass is 16.5. The van der Waals surface area contributed by atoms with Crippen molar-refractivity contribution in [3.05, 3.63) is 29.3 Å². The van der Waals surface area contributed by atoms with Crippen molar-refractivity contribution < 1.29 is 9.84 Å². The predicted molar refractivity (Wildman–Crippen MR) is 88.2 cm³/mol. The number of hydrogen-bond donors (Lipinski definition) is 1. The predicted octanol–water partition coefficient (Wildman–Crippen LogP) is 4.16. The van der Waals surface area contributed by atoms with Crippen molar-refractivity contribution >= 4 is 0 Å². The molecule has 4 rings (SSSR count). The van der Waals surface area contributed by atoms with Crippen LogP contribution in [0.3, 0.4) is 0 Å². The van der Waals surface area contributed by atoms with Gasteiger partial charge in [0.05, 0.1) is 13.2 Å². The third kappa shape index (κ3) is 1.89. The van der Waals surface area contributed by atoms with Gasteiger partial charge in [0.1, 0.15) is 5.75 Å². The van der Waals surface area contributed by atoms with Crippen molar-refractivity contribution in [3.63, 3.8) is 0 Å². The van der Waals surface area contributed by atoms with Crippen LogP contribution in [0.5, 0.6) is 5.75 Å². The van der Waals surface area contributed by atoms with E-state index in [1.807, 2.05) is 0 Å². The molecule has 22 heavy (non-hydrogen) atoms. The Labute approximate surface area is 133 Å². The fourth-order valence-electron chi connectivity index (χ4n) is 6.05. The van der Waals surface area contributed by atoms with Gasteiger partial charge in [0, 0.05) is 0 Å². The monoisotopic (exact) mass is 300 g/mol. The van der Waals surface area contributed by atoms with Gasteiger partial charge in [-0.3, -0.25) is 0 Å². The van der Waals surface area contributed by atoms with Crippen molar-refractivity contribution in [3.8, 4) is 5.75 Å². The molecule has 0 radical (unpaired) electrons. The third-order valence-electron chi connectivity index (χ3n) is 7.23. The van der Waals surface area contributed by atoms with Gasteiger partial charge in [0.25, 0.3) is 0 Å². The highest BCUT2D eigenvalue weighted by Gasteiger charge is 2.55. The fraction of sp³-hybridized carbons (Fsp3) is 0.700. The van der Waals surface area contributed by atoms with Crippen LogP contribution in [0.2, 0.25) is 0 Å². The van der Waals surface area contributed by atoms with Crippen molar-refractivity contribution in [1.29, 1.82) is 0 Å². The molecule has 0 unspecified atom stereocenters. The maximum atomic E-state index is 10.5. The van der Waals surface area contributed by atoms with E-state index in [0.29, 0.717) is 17.8 Å². The molecule has 1 N–H and O–H groups in total. The Hall–Kier alpha value is -1.02. The SMILES string of the molecule is COc1ccc2c(c1)C[C@@H](C)[C@H]1[C@@H]2CC[C@]2(C)[C@@H](O)CC[C@@H]12. The average Bonchev–Trinajstić information content (AvgIpc) is 2.82. The summed E-state index contributed by atoms with van der Waals surface area (Å²) in [5, 5.41) is 10.5. The second-order valence-corrected chi connectivity index (χ2v) is 8.17. The van der Waals surface area contributed by atoms with Crippen LogP contribution in [-0.4, -0.2) is 18.3 Å². The van der Waals surface area contributed by atoms with Gasteiger partial charge in [-0.25, -0.2) is 0 Å². The molecule has 2 nitrogen and oxygen atoms in total. The summed E-state index contributed by atoms with van der Waals surface area (Å²) < 4.78 is 5.42. The van der Waals surface area contributed by atoms with Gasteiger partial charge in [-0.2, -0.15) is 0 Å². The molecule has 0 amide bonds. The van der Waals surface area contributed by atoms with Crippen LogP contribution in [0.15, 0.2) is 18.2 Å². The molecule has 0 spiro atoms. The fourth-order valence-corrected chi connectivity index (χ4v) is 6.05. The van der Waals surface area contributed by atoms with E-state index in [2.05, 4.69) is 32.0 Å². The highest BCUT2D eigenvalue weighted by molar-refractivity contribution is 5.41. The molecule has 1 aromatic rings. The van der Waals surface area contributed by atoms with E-state index in [1.54, 1.807) is 12.7 Å². The largest absolute Gasteiger partial charge is 0.497 e. The minimum atomic E-state index is -0.0806. The molecule has 0 saturated heterocycles. The Kier molecular flexibility index (Phi) is 3.30. The molecule has 0 aliphatic heterocycles. The lowest BCUT2D eigenvalue weighted by Gasteiger charge is -2.52. The van der Waals surface area contributed by atoms with Crippen LogP contribution < -0.4 is 4.74 Å². The van der Waals surface area contributed by atoms with E-state index in [-0.39, 0.29) is 11.5 Å². The number of ether oxygens (including phenoxy) is 1. The Bertz CT molecular complexity index is 581. The molecule has 0 heterocycles. The number of aliphatic hydroxyl groups excluding tert-OH is 1. The zero-order chi connectivity index (χ0) is 15.5. The van der Waals surface area contributed by atoms with Crippen molar-refractivity contribution in [2.45, 2.75) is 58.0 Å². The van der Waals surface area contributed by atoms with Crippen LogP contribution in [-0.2, 0) is 6.42 Å². The molecule has 3 aliphatic carbocycles. The Morgan fingerprint density at radius 1 is 1.23 bits per heavy atom. The van der Waals surface area contributed by atoms with Gasteiger partial charge in [-0.1, -0.05) is 19.9 Å². The lowest BCUT2D eigenvalue weighted by molar-refractivity contribution is -0.0356. The topological polar surface area (TPSA) is 29.5 Å². The first kappa shape index (κ1) is 14.6. The van der Waals surface area contributed by atoms with E-state index in [1.165, 1.54) is 24.8 Å². The molecule has 120 valence electrons. The molecule has 2 fully saturated rings. The Morgan fingerprint density at radius 3 is 2.82 bits per heavy atom. The lowest BCUT2D eigenvalue weighted by Crippen LogP contribution is -2.46. The van der Waals surface area contributed by atoms with Gasteiger partial charge in [-0.05, 0) is 84.5 Å². The second-order valence-electron chi connectivity index (χ2n) is 8.17. The van der Waals surface area contributed by atoms with Crippen molar-refractivity contribution in [2.75, 3.05) is 7.11 Å². The summed E-state index contributed by atoms with van der Waals surface area (Å²) in [6, 6.07) is 6.69. The summed E-state index contributed by atoms with van der Waals surface area (Å²) in [4.78, 5) is 0. The smallest absolute Gasteiger partial charge is 0.119 e. The normalized spacial score (nSPS) is 43.2. The average molecular weight is 300 g/mol. The van der Waals surface area contributed by atoms with Crippen LogP contribution >= 0.6 is 0 Å². The number of rotatable bonds is 1. The minimum absolute atomic E-state index is 0.0806.